The summed E-state index contributed by atoms with van der Waals surface area (Å²) in [6, 6.07) is 13.7. The van der Waals surface area contributed by atoms with E-state index >= 15 is 0 Å². The molecule has 0 saturated heterocycles. The summed E-state index contributed by atoms with van der Waals surface area (Å²) in [4.78, 5) is 39.9. The van der Waals surface area contributed by atoms with E-state index in [1.807, 2.05) is 24.3 Å². The lowest BCUT2D eigenvalue weighted by Gasteiger charge is -2.13. The molecule has 0 amide bonds. The Hall–Kier alpha value is -3.94. The molecule has 4 rings (SSSR count). The van der Waals surface area contributed by atoms with Gasteiger partial charge in [0.15, 0.2) is 0 Å². The number of esters is 1. The summed E-state index contributed by atoms with van der Waals surface area (Å²) in [5.74, 6) is -0.344. The van der Waals surface area contributed by atoms with Crippen LogP contribution in [0.5, 0.6) is 0 Å². The fraction of sp³-hybridized carbons (Fsp3) is 0.182. The van der Waals surface area contributed by atoms with Crippen molar-refractivity contribution in [1.29, 1.82) is 0 Å². The van der Waals surface area contributed by atoms with Crippen molar-refractivity contribution in [3.8, 4) is 0 Å². The van der Waals surface area contributed by atoms with Crippen molar-refractivity contribution in [3.05, 3.63) is 81.1 Å². The highest BCUT2D eigenvalue weighted by Crippen LogP contribution is 2.24. The fourth-order valence-electron chi connectivity index (χ4n) is 3.41. The Bertz CT molecular complexity index is 1390. The van der Waals surface area contributed by atoms with Crippen LogP contribution in [0.1, 0.15) is 25.5 Å². The number of carbonyl (C=O) groups excluding carboxylic acids is 1. The first-order chi connectivity index (χ1) is 14.5. The van der Waals surface area contributed by atoms with Gasteiger partial charge in [-0.2, -0.15) is 5.10 Å². The predicted molar refractivity (Wildman–Crippen MR) is 115 cm³/mol. The summed E-state index contributed by atoms with van der Waals surface area (Å²) >= 11 is 0. The van der Waals surface area contributed by atoms with E-state index in [2.05, 4.69) is 10.1 Å². The predicted octanol–water partition coefficient (Wildman–Crippen LogP) is 2.65. The molecule has 4 aromatic rings. The van der Waals surface area contributed by atoms with Gasteiger partial charge in [0, 0.05) is 22.7 Å². The molecule has 0 saturated carbocycles. The topological polar surface area (TPSA) is 98.4 Å². The van der Waals surface area contributed by atoms with Crippen molar-refractivity contribution < 1.29 is 9.53 Å². The van der Waals surface area contributed by atoms with Crippen molar-refractivity contribution in [2.45, 2.75) is 19.9 Å². The molecule has 0 bridgehead atoms. The van der Waals surface area contributed by atoms with Crippen LogP contribution < -0.4 is 11.2 Å². The SMILES string of the molecule is CCOC(=O)C(C)n1cc(C=Nn2c(=O)[nH]c3ccccc3c2=O)c2ccccc21. The first-order valence-electron chi connectivity index (χ1n) is 9.56. The standard InChI is InChI=1S/C22H20N4O4/c1-3-30-21(28)14(2)25-13-15(16-8-5-7-11-19(16)25)12-23-26-20(27)17-9-4-6-10-18(17)24-22(26)29/h4-14H,3H2,1-2H3,(H,24,29). The van der Waals surface area contributed by atoms with Gasteiger partial charge >= 0.3 is 11.7 Å². The Morgan fingerprint density at radius 3 is 2.60 bits per heavy atom. The minimum absolute atomic E-state index is 0.296. The van der Waals surface area contributed by atoms with E-state index in [9.17, 15) is 14.4 Å². The number of H-pyrrole nitrogens is 1. The van der Waals surface area contributed by atoms with Crippen LogP contribution in [0.3, 0.4) is 0 Å². The molecule has 1 unspecified atom stereocenters. The molecular formula is C22H20N4O4. The number of ether oxygens (including phenoxy) is 1. The van der Waals surface area contributed by atoms with Crippen LogP contribution in [0, 0.1) is 0 Å². The molecule has 2 aromatic heterocycles. The number of hydrogen-bond acceptors (Lipinski definition) is 5. The summed E-state index contributed by atoms with van der Waals surface area (Å²) in [5.41, 5.74) is 0.812. The zero-order valence-electron chi connectivity index (χ0n) is 16.5. The van der Waals surface area contributed by atoms with Gasteiger partial charge < -0.3 is 14.3 Å². The van der Waals surface area contributed by atoms with Gasteiger partial charge in [0.25, 0.3) is 5.56 Å². The Morgan fingerprint density at radius 2 is 1.83 bits per heavy atom. The first kappa shape index (κ1) is 19.4. The second-order valence-corrected chi connectivity index (χ2v) is 6.77. The highest BCUT2D eigenvalue weighted by molar-refractivity contribution is 6.00. The number of rotatable bonds is 5. The number of aromatic amines is 1. The van der Waals surface area contributed by atoms with E-state index in [1.165, 1.54) is 6.21 Å². The van der Waals surface area contributed by atoms with E-state index in [4.69, 9.17) is 4.74 Å². The van der Waals surface area contributed by atoms with Crippen LogP contribution in [-0.4, -0.2) is 33.0 Å². The van der Waals surface area contributed by atoms with Gasteiger partial charge in [0.05, 0.1) is 23.7 Å². The van der Waals surface area contributed by atoms with Gasteiger partial charge in [0.1, 0.15) is 6.04 Å². The Balaban J connectivity index is 1.81. The first-order valence-corrected chi connectivity index (χ1v) is 9.56. The third kappa shape index (κ3) is 3.32. The van der Waals surface area contributed by atoms with Gasteiger partial charge in [-0.25, -0.2) is 9.59 Å². The van der Waals surface area contributed by atoms with E-state index in [-0.39, 0.29) is 5.97 Å². The minimum atomic E-state index is -0.626. The zero-order valence-corrected chi connectivity index (χ0v) is 16.5. The van der Waals surface area contributed by atoms with Crippen LogP contribution in [0.25, 0.3) is 21.8 Å². The molecular weight excluding hydrogens is 384 g/mol. The lowest BCUT2D eigenvalue weighted by Crippen LogP contribution is -2.32. The van der Waals surface area contributed by atoms with Crippen LogP contribution in [-0.2, 0) is 9.53 Å². The van der Waals surface area contributed by atoms with Crippen LogP contribution >= 0.6 is 0 Å². The van der Waals surface area contributed by atoms with Gasteiger partial charge in [0.2, 0.25) is 0 Å². The molecule has 8 nitrogen and oxygen atoms in total. The number of nitrogens with zero attached hydrogens (tertiary/aromatic N) is 3. The number of carbonyl (C=O) groups is 1. The quantitative estimate of drug-likeness (QED) is 0.408. The second-order valence-electron chi connectivity index (χ2n) is 6.77. The number of fused-ring (bicyclic) bond motifs is 2. The monoisotopic (exact) mass is 404 g/mol. The molecule has 2 heterocycles. The van der Waals surface area contributed by atoms with Crippen molar-refractivity contribution in [1.82, 2.24) is 14.2 Å². The number of nitrogens with one attached hydrogen (secondary N) is 1. The molecule has 0 fully saturated rings. The molecule has 0 aliphatic carbocycles. The van der Waals surface area contributed by atoms with Crippen molar-refractivity contribution in [3.63, 3.8) is 0 Å². The summed E-state index contributed by atoms with van der Waals surface area (Å²) in [6.07, 6.45) is 3.21. The number of benzene rings is 2. The molecule has 0 spiro atoms. The second kappa shape index (κ2) is 7.82. The molecule has 1 atom stereocenters. The zero-order chi connectivity index (χ0) is 21.3. The lowest BCUT2D eigenvalue weighted by atomic mass is 10.2. The molecule has 0 aliphatic rings. The van der Waals surface area contributed by atoms with E-state index in [0.717, 1.165) is 15.6 Å². The van der Waals surface area contributed by atoms with Gasteiger partial charge in [-0.1, -0.05) is 30.3 Å². The molecule has 0 aliphatic heterocycles. The van der Waals surface area contributed by atoms with Gasteiger partial charge in [-0.05, 0) is 32.0 Å². The maximum atomic E-state index is 12.7. The maximum absolute atomic E-state index is 12.7. The molecule has 2 aromatic carbocycles. The molecule has 30 heavy (non-hydrogen) atoms. The summed E-state index contributed by atoms with van der Waals surface area (Å²) in [7, 11) is 0. The Kier molecular flexibility index (Phi) is 5.05. The van der Waals surface area contributed by atoms with E-state index in [1.54, 1.807) is 48.9 Å². The van der Waals surface area contributed by atoms with Gasteiger partial charge in [-0.3, -0.25) is 4.79 Å². The third-order valence-corrected chi connectivity index (χ3v) is 4.91. The van der Waals surface area contributed by atoms with Gasteiger partial charge in [-0.15, -0.1) is 4.68 Å². The summed E-state index contributed by atoms with van der Waals surface area (Å²) < 4.78 is 7.72. The van der Waals surface area contributed by atoms with E-state index < -0.39 is 17.3 Å². The van der Waals surface area contributed by atoms with E-state index in [0.29, 0.717) is 23.1 Å². The highest BCUT2D eigenvalue weighted by atomic mass is 16.5. The minimum Gasteiger partial charge on any atom is -0.464 e. The number of para-hydroxylation sites is 2. The summed E-state index contributed by atoms with van der Waals surface area (Å²) in [5, 5.41) is 5.34. The lowest BCUT2D eigenvalue weighted by molar-refractivity contribution is -0.146. The van der Waals surface area contributed by atoms with Crippen LogP contribution in [0.4, 0.5) is 0 Å². The van der Waals surface area contributed by atoms with Crippen LogP contribution in [0.2, 0.25) is 0 Å². The molecule has 152 valence electrons. The molecule has 0 radical (unpaired) electrons. The average Bonchev–Trinajstić information content (AvgIpc) is 3.12. The number of aromatic nitrogens is 3. The Labute approximate surface area is 171 Å². The Morgan fingerprint density at radius 1 is 1.13 bits per heavy atom. The van der Waals surface area contributed by atoms with Crippen molar-refractivity contribution >= 4 is 34.0 Å². The average molecular weight is 404 g/mol. The highest BCUT2D eigenvalue weighted by Gasteiger charge is 2.19. The number of hydrogen-bond donors (Lipinski definition) is 1. The smallest absolute Gasteiger partial charge is 0.349 e. The van der Waals surface area contributed by atoms with Crippen molar-refractivity contribution in [2.24, 2.45) is 5.10 Å². The summed E-state index contributed by atoms with van der Waals surface area (Å²) in [6.45, 7) is 3.81. The van der Waals surface area contributed by atoms with Crippen LogP contribution in [0.15, 0.2) is 69.4 Å². The fourth-order valence-corrected chi connectivity index (χ4v) is 3.41. The van der Waals surface area contributed by atoms with Crippen molar-refractivity contribution in [2.75, 3.05) is 6.61 Å². The molecule has 1 N–H and O–H groups in total. The largest absolute Gasteiger partial charge is 0.464 e. The molecule has 8 heteroatoms. The third-order valence-electron chi connectivity index (χ3n) is 4.91. The maximum Gasteiger partial charge on any atom is 0.349 e. The normalized spacial score (nSPS) is 12.6.